The van der Waals surface area contributed by atoms with E-state index in [1.165, 1.54) is 0 Å². The first-order valence-corrected chi connectivity index (χ1v) is 10.9. The Bertz CT molecular complexity index is 1300. The zero-order valence-corrected chi connectivity index (χ0v) is 18.9. The first kappa shape index (κ1) is 22.2. The number of rotatable bonds is 7. The number of aromatic nitrogens is 3. The molecule has 7 heteroatoms. The molecule has 0 spiro atoms. The summed E-state index contributed by atoms with van der Waals surface area (Å²) in [5.41, 5.74) is 4.47. The lowest BCUT2D eigenvalue weighted by molar-refractivity contribution is -0.119. The van der Waals surface area contributed by atoms with Crippen molar-refractivity contribution in [3.05, 3.63) is 89.2 Å². The Hall–Kier alpha value is -4.00. The van der Waals surface area contributed by atoms with Crippen LogP contribution in [-0.4, -0.2) is 33.2 Å². The lowest BCUT2D eigenvalue weighted by atomic mass is 10.0. The monoisotopic (exact) mass is 442 g/mol. The minimum absolute atomic E-state index is 0.0994. The average molecular weight is 443 g/mol. The molecule has 4 aromatic rings. The van der Waals surface area contributed by atoms with Gasteiger partial charge in [-0.25, -0.2) is 14.5 Å². The standard InChI is InChI=1S/C26H26N4O3/c1-17(2)30-25-22(15-27-30)21(13-18(3)28-25)26(32)33-16-24(31)29-23-12-8-7-11-20(23)14-19-9-5-4-6-10-19/h4-13,15,17H,14,16H2,1-3H3,(H,29,31). The smallest absolute Gasteiger partial charge is 0.339 e. The van der Waals surface area contributed by atoms with E-state index in [1.807, 2.05) is 75.4 Å². The van der Waals surface area contributed by atoms with E-state index >= 15 is 0 Å². The third-order valence-electron chi connectivity index (χ3n) is 5.27. The summed E-state index contributed by atoms with van der Waals surface area (Å²) in [7, 11) is 0. The number of carbonyl (C=O) groups excluding carboxylic acids is 2. The summed E-state index contributed by atoms with van der Waals surface area (Å²) >= 11 is 0. The molecule has 0 saturated carbocycles. The van der Waals surface area contributed by atoms with Crippen molar-refractivity contribution in [1.29, 1.82) is 0 Å². The van der Waals surface area contributed by atoms with Crippen LogP contribution in [-0.2, 0) is 16.0 Å². The second-order valence-electron chi connectivity index (χ2n) is 8.18. The van der Waals surface area contributed by atoms with Crippen molar-refractivity contribution in [2.24, 2.45) is 0 Å². The molecule has 7 nitrogen and oxygen atoms in total. The van der Waals surface area contributed by atoms with Gasteiger partial charge in [-0.2, -0.15) is 5.10 Å². The number of aryl methyl sites for hydroxylation is 1. The Kier molecular flexibility index (Phi) is 6.49. The summed E-state index contributed by atoms with van der Waals surface area (Å²) < 4.78 is 7.10. The van der Waals surface area contributed by atoms with Gasteiger partial charge >= 0.3 is 5.97 Å². The van der Waals surface area contributed by atoms with E-state index in [0.29, 0.717) is 34.4 Å². The number of benzene rings is 2. The molecular weight excluding hydrogens is 416 g/mol. The van der Waals surface area contributed by atoms with Gasteiger partial charge in [-0.05, 0) is 50.5 Å². The Balaban J connectivity index is 1.45. The van der Waals surface area contributed by atoms with E-state index in [4.69, 9.17) is 4.74 Å². The molecule has 0 bridgehead atoms. The maximum absolute atomic E-state index is 12.8. The molecule has 0 aliphatic rings. The minimum Gasteiger partial charge on any atom is -0.452 e. The number of nitrogens with one attached hydrogen (secondary N) is 1. The maximum atomic E-state index is 12.8. The molecule has 0 saturated heterocycles. The van der Waals surface area contributed by atoms with Crippen LogP contribution < -0.4 is 5.32 Å². The molecule has 0 radical (unpaired) electrons. The summed E-state index contributed by atoms with van der Waals surface area (Å²) in [5, 5.41) is 7.81. The lowest BCUT2D eigenvalue weighted by Gasteiger charge is -2.12. The van der Waals surface area contributed by atoms with Gasteiger partial charge in [-0.3, -0.25) is 4.79 Å². The van der Waals surface area contributed by atoms with Crippen molar-refractivity contribution in [1.82, 2.24) is 14.8 Å². The molecule has 0 aliphatic carbocycles. The van der Waals surface area contributed by atoms with E-state index in [0.717, 1.165) is 11.1 Å². The van der Waals surface area contributed by atoms with Crippen molar-refractivity contribution in [3.8, 4) is 0 Å². The quantitative estimate of drug-likeness (QED) is 0.419. The molecule has 2 heterocycles. The highest BCUT2D eigenvalue weighted by molar-refractivity contribution is 6.03. The van der Waals surface area contributed by atoms with E-state index in [2.05, 4.69) is 15.4 Å². The van der Waals surface area contributed by atoms with Crippen LogP contribution in [0.2, 0.25) is 0 Å². The summed E-state index contributed by atoms with van der Waals surface area (Å²) in [4.78, 5) is 29.9. The Labute approximate surface area is 192 Å². The lowest BCUT2D eigenvalue weighted by Crippen LogP contribution is -2.21. The fourth-order valence-electron chi connectivity index (χ4n) is 3.70. The van der Waals surface area contributed by atoms with Gasteiger partial charge in [0.15, 0.2) is 12.3 Å². The highest BCUT2D eigenvalue weighted by Gasteiger charge is 2.19. The summed E-state index contributed by atoms with van der Waals surface area (Å²) in [6.45, 7) is 5.41. The number of hydrogen-bond acceptors (Lipinski definition) is 5. The molecule has 1 N–H and O–H groups in total. The number of fused-ring (bicyclic) bond motifs is 1. The van der Waals surface area contributed by atoms with Crippen LogP contribution in [0, 0.1) is 6.92 Å². The zero-order valence-electron chi connectivity index (χ0n) is 18.9. The van der Waals surface area contributed by atoms with Gasteiger partial charge in [0.25, 0.3) is 5.91 Å². The van der Waals surface area contributed by atoms with Gasteiger partial charge in [-0.1, -0.05) is 48.5 Å². The fourth-order valence-corrected chi connectivity index (χ4v) is 3.70. The number of nitrogens with zero attached hydrogens (tertiary/aromatic N) is 3. The average Bonchev–Trinajstić information content (AvgIpc) is 3.23. The van der Waals surface area contributed by atoms with Crippen molar-refractivity contribution in [2.45, 2.75) is 33.2 Å². The van der Waals surface area contributed by atoms with Crippen LogP contribution in [0.3, 0.4) is 0 Å². The minimum atomic E-state index is -0.582. The van der Waals surface area contributed by atoms with Crippen molar-refractivity contribution < 1.29 is 14.3 Å². The van der Waals surface area contributed by atoms with Crippen LogP contribution >= 0.6 is 0 Å². The molecule has 168 valence electrons. The molecule has 0 aliphatic heterocycles. The van der Waals surface area contributed by atoms with E-state index < -0.39 is 11.9 Å². The molecular formula is C26H26N4O3. The van der Waals surface area contributed by atoms with Crippen LogP contribution in [0.15, 0.2) is 66.9 Å². The third-order valence-corrected chi connectivity index (χ3v) is 5.27. The molecule has 1 amide bonds. The van der Waals surface area contributed by atoms with Gasteiger partial charge in [0.05, 0.1) is 17.1 Å². The SMILES string of the molecule is Cc1cc(C(=O)OCC(=O)Nc2ccccc2Cc2ccccc2)c2cnn(C(C)C)c2n1. The molecule has 0 unspecified atom stereocenters. The summed E-state index contributed by atoms with van der Waals surface area (Å²) in [6, 6.07) is 19.4. The molecule has 33 heavy (non-hydrogen) atoms. The van der Waals surface area contributed by atoms with Crippen molar-refractivity contribution >= 4 is 28.6 Å². The number of hydrogen-bond donors (Lipinski definition) is 1. The summed E-state index contributed by atoms with van der Waals surface area (Å²) in [5.74, 6) is -0.981. The Morgan fingerprint density at radius 2 is 1.79 bits per heavy atom. The van der Waals surface area contributed by atoms with Gasteiger partial charge in [-0.15, -0.1) is 0 Å². The molecule has 0 fully saturated rings. The largest absolute Gasteiger partial charge is 0.452 e. The Morgan fingerprint density at radius 3 is 2.55 bits per heavy atom. The van der Waals surface area contributed by atoms with Gasteiger partial charge < -0.3 is 10.1 Å². The number of para-hydroxylation sites is 1. The normalized spacial score (nSPS) is 11.0. The van der Waals surface area contributed by atoms with Crippen LogP contribution in [0.4, 0.5) is 5.69 Å². The summed E-state index contributed by atoms with van der Waals surface area (Å²) in [6.07, 6.45) is 2.30. The highest BCUT2D eigenvalue weighted by atomic mass is 16.5. The molecule has 2 aromatic heterocycles. The van der Waals surface area contributed by atoms with Gasteiger partial charge in [0, 0.05) is 17.4 Å². The van der Waals surface area contributed by atoms with Gasteiger partial charge in [0.2, 0.25) is 0 Å². The predicted octanol–water partition coefficient (Wildman–Crippen LogP) is 4.71. The number of esters is 1. The zero-order chi connectivity index (χ0) is 23.4. The third kappa shape index (κ3) is 5.09. The highest BCUT2D eigenvalue weighted by Crippen LogP contribution is 2.22. The van der Waals surface area contributed by atoms with Crippen LogP contribution in [0.5, 0.6) is 0 Å². The van der Waals surface area contributed by atoms with E-state index in [9.17, 15) is 9.59 Å². The van der Waals surface area contributed by atoms with E-state index in [1.54, 1.807) is 16.9 Å². The second-order valence-corrected chi connectivity index (χ2v) is 8.18. The Morgan fingerprint density at radius 1 is 1.06 bits per heavy atom. The number of ether oxygens (including phenoxy) is 1. The topological polar surface area (TPSA) is 86.1 Å². The first-order chi connectivity index (χ1) is 15.9. The molecule has 4 rings (SSSR count). The predicted molar refractivity (Wildman–Crippen MR) is 127 cm³/mol. The number of pyridine rings is 1. The van der Waals surface area contributed by atoms with Crippen LogP contribution in [0.1, 0.15) is 47.1 Å². The number of amides is 1. The van der Waals surface area contributed by atoms with Crippen molar-refractivity contribution in [3.63, 3.8) is 0 Å². The second kappa shape index (κ2) is 9.65. The fraction of sp³-hybridized carbons (Fsp3) is 0.231. The maximum Gasteiger partial charge on any atom is 0.339 e. The number of anilines is 1. The molecule has 0 atom stereocenters. The first-order valence-electron chi connectivity index (χ1n) is 10.9. The van der Waals surface area contributed by atoms with Gasteiger partial charge in [0.1, 0.15) is 0 Å². The number of carbonyl (C=O) groups is 2. The van der Waals surface area contributed by atoms with E-state index in [-0.39, 0.29) is 12.6 Å². The van der Waals surface area contributed by atoms with Crippen molar-refractivity contribution in [2.75, 3.05) is 11.9 Å². The van der Waals surface area contributed by atoms with Crippen LogP contribution in [0.25, 0.3) is 11.0 Å². The molecule has 2 aromatic carbocycles.